The Hall–Kier alpha value is -1.77. The first-order valence-electron chi connectivity index (χ1n) is 4.72. The molecule has 0 fully saturated rings. The lowest BCUT2D eigenvalue weighted by Crippen LogP contribution is -2.50. The molecule has 1 atom stereocenters. The Labute approximate surface area is 99.2 Å². The quantitative estimate of drug-likeness (QED) is 0.766. The maximum Gasteiger partial charge on any atom is 0.411 e. The monoisotopic (exact) mass is 269 g/mol. The number of amides is 1. The summed E-state index contributed by atoms with van der Waals surface area (Å²) in [6.45, 7) is -1.65. The van der Waals surface area contributed by atoms with Crippen LogP contribution < -0.4 is 0 Å². The highest BCUT2D eigenvalue weighted by molar-refractivity contribution is 6.04. The average Bonchev–Trinajstić information content (AvgIpc) is 2.52. The summed E-state index contributed by atoms with van der Waals surface area (Å²) in [6, 6.07) is -2.30. The van der Waals surface area contributed by atoms with E-state index >= 15 is 0 Å². The normalized spacial score (nSPS) is 18.4. The molecule has 1 rings (SSSR count). The van der Waals surface area contributed by atoms with Gasteiger partial charge in [0.25, 0.3) is 5.91 Å². The van der Waals surface area contributed by atoms with Gasteiger partial charge < -0.3 is 19.8 Å². The van der Waals surface area contributed by atoms with Crippen LogP contribution in [0.25, 0.3) is 0 Å². The topological polar surface area (TPSA) is 87.1 Å². The molecule has 0 bridgehead atoms. The number of halogens is 3. The van der Waals surface area contributed by atoms with Gasteiger partial charge in [-0.1, -0.05) is 0 Å². The van der Waals surface area contributed by atoms with Crippen LogP contribution in [0.5, 0.6) is 0 Å². The van der Waals surface area contributed by atoms with Crippen molar-refractivity contribution in [2.45, 2.75) is 12.2 Å². The maximum absolute atomic E-state index is 12.7. The standard InChI is InChI=1S/C9H10F3NO5/c1-18-3-5(9(10,11)12)13-2-4(8(16)17)6(14)7(13)15/h5,14H,2-3H2,1H3,(H,16,17). The van der Waals surface area contributed by atoms with Gasteiger partial charge in [-0.05, 0) is 0 Å². The van der Waals surface area contributed by atoms with Gasteiger partial charge in [-0.25, -0.2) is 4.79 Å². The van der Waals surface area contributed by atoms with E-state index in [-0.39, 0.29) is 4.90 Å². The number of aliphatic carboxylic acids is 1. The number of aliphatic hydroxyl groups is 1. The van der Waals surface area contributed by atoms with Gasteiger partial charge in [0.2, 0.25) is 0 Å². The number of ether oxygens (including phenoxy) is 1. The average molecular weight is 269 g/mol. The molecule has 102 valence electrons. The van der Waals surface area contributed by atoms with Gasteiger partial charge in [-0.15, -0.1) is 0 Å². The van der Waals surface area contributed by atoms with Crippen LogP contribution in [0.15, 0.2) is 11.3 Å². The van der Waals surface area contributed by atoms with Crippen LogP contribution in [0.2, 0.25) is 0 Å². The molecule has 0 aromatic heterocycles. The summed E-state index contributed by atoms with van der Waals surface area (Å²) in [5, 5.41) is 17.8. The molecule has 18 heavy (non-hydrogen) atoms. The number of rotatable bonds is 4. The summed E-state index contributed by atoms with van der Waals surface area (Å²) in [5.74, 6) is -4.18. The number of alkyl halides is 3. The highest BCUT2D eigenvalue weighted by Gasteiger charge is 2.49. The summed E-state index contributed by atoms with van der Waals surface area (Å²) in [4.78, 5) is 22.2. The van der Waals surface area contributed by atoms with E-state index in [9.17, 15) is 27.9 Å². The predicted octanol–water partition coefficient (Wildman–Crippen LogP) is 0.303. The zero-order valence-electron chi connectivity index (χ0n) is 9.19. The molecule has 0 aromatic carbocycles. The Morgan fingerprint density at radius 1 is 1.56 bits per heavy atom. The molecule has 0 aromatic rings. The van der Waals surface area contributed by atoms with E-state index in [1.165, 1.54) is 0 Å². The number of nitrogens with zero attached hydrogens (tertiary/aromatic N) is 1. The maximum atomic E-state index is 12.7. The molecule has 1 amide bonds. The van der Waals surface area contributed by atoms with Crippen LogP contribution in [0.1, 0.15) is 0 Å². The molecule has 1 aliphatic heterocycles. The number of carbonyl (C=O) groups is 2. The van der Waals surface area contributed by atoms with Gasteiger partial charge in [-0.2, -0.15) is 13.2 Å². The Morgan fingerprint density at radius 3 is 2.44 bits per heavy atom. The number of hydrogen-bond acceptors (Lipinski definition) is 4. The fraction of sp³-hybridized carbons (Fsp3) is 0.556. The molecule has 0 saturated carbocycles. The fourth-order valence-corrected chi connectivity index (χ4v) is 1.52. The molecule has 1 aliphatic rings. The lowest BCUT2D eigenvalue weighted by Gasteiger charge is -2.28. The summed E-state index contributed by atoms with van der Waals surface area (Å²) in [6.07, 6.45) is -4.78. The molecular formula is C9H10F3NO5. The van der Waals surface area contributed by atoms with Gasteiger partial charge in [0.1, 0.15) is 5.57 Å². The number of carbonyl (C=O) groups excluding carboxylic acids is 1. The van der Waals surface area contributed by atoms with E-state index in [4.69, 9.17) is 5.11 Å². The van der Waals surface area contributed by atoms with Crippen molar-refractivity contribution in [1.82, 2.24) is 4.90 Å². The molecule has 0 spiro atoms. The van der Waals surface area contributed by atoms with Crippen molar-refractivity contribution in [2.24, 2.45) is 0 Å². The van der Waals surface area contributed by atoms with Crippen molar-refractivity contribution in [3.05, 3.63) is 11.3 Å². The summed E-state index contributed by atoms with van der Waals surface area (Å²) in [5.41, 5.74) is -0.759. The zero-order valence-corrected chi connectivity index (χ0v) is 9.19. The van der Waals surface area contributed by atoms with Crippen LogP contribution in [0.3, 0.4) is 0 Å². The zero-order chi connectivity index (χ0) is 14.1. The minimum Gasteiger partial charge on any atom is -0.503 e. The van der Waals surface area contributed by atoms with Crippen molar-refractivity contribution < 1.29 is 37.7 Å². The predicted molar refractivity (Wildman–Crippen MR) is 50.7 cm³/mol. The second-order valence-electron chi connectivity index (χ2n) is 3.58. The number of carboxylic acid groups (broad SMARTS) is 1. The van der Waals surface area contributed by atoms with Crippen molar-refractivity contribution in [1.29, 1.82) is 0 Å². The number of methoxy groups -OCH3 is 1. The highest BCUT2D eigenvalue weighted by atomic mass is 19.4. The molecule has 0 aliphatic carbocycles. The van der Waals surface area contributed by atoms with Gasteiger partial charge in [0, 0.05) is 7.11 Å². The minimum atomic E-state index is -4.78. The minimum absolute atomic E-state index is 0.224. The molecule has 1 heterocycles. The molecule has 6 nitrogen and oxygen atoms in total. The number of hydrogen-bond donors (Lipinski definition) is 2. The fourth-order valence-electron chi connectivity index (χ4n) is 1.52. The highest BCUT2D eigenvalue weighted by Crippen LogP contribution is 2.30. The van der Waals surface area contributed by atoms with Crippen LogP contribution in [-0.4, -0.2) is 59.5 Å². The lowest BCUT2D eigenvalue weighted by molar-refractivity contribution is -0.196. The van der Waals surface area contributed by atoms with Gasteiger partial charge in [0.05, 0.1) is 13.2 Å². The third kappa shape index (κ3) is 2.55. The molecular weight excluding hydrogens is 259 g/mol. The largest absolute Gasteiger partial charge is 0.503 e. The van der Waals surface area contributed by atoms with Crippen molar-refractivity contribution in [3.8, 4) is 0 Å². The SMILES string of the molecule is COCC(N1CC(C(=O)O)=C(O)C1=O)C(F)(F)F. The third-order valence-electron chi connectivity index (χ3n) is 2.41. The third-order valence-corrected chi connectivity index (χ3v) is 2.41. The van der Waals surface area contributed by atoms with Crippen molar-refractivity contribution >= 4 is 11.9 Å². The Morgan fingerprint density at radius 2 is 2.11 bits per heavy atom. The first kappa shape index (κ1) is 14.3. The van der Waals surface area contributed by atoms with E-state index < -0.39 is 48.6 Å². The molecule has 0 saturated heterocycles. The van der Waals surface area contributed by atoms with E-state index in [1.54, 1.807) is 0 Å². The van der Waals surface area contributed by atoms with E-state index in [1.807, 2.05) is 0 Å². The van der Waals surface area contributed by atoms with E-state index in [0.717, 1.165) is 7.11 Å². The van der Waals surface area contributed by atoms with Crippen LogP contribution in [0, 0.1) is 0 Å². The summed E-state index contributed by atoms with van der Waals surface area (Å²) < 4.78 is 42.4. The molecule has 0 radical (unpaired) electrons. The second-order valence-corrected chi connectivity index (χ2v) is 3.58. The summed E-state index contributed by atoms with van der Waals surface area (Å²) >= 11 is 0. The van der Waals surface area contributed by atoms with Gasteiger partial charge in [-0.3, -0.25) is 4.79 Å². The van der Waals surface area contributed by atoms with Crippen molar-refractivity contribution in [2.75, 3.05) is 20.3 Å². The molecule has 1 unspecified atom stereocenters. The van der Waals surface area contributed by atoms with Gasteiger partial charge in [0.15, 0.2) is 11.8 Å². The molecule has 9 heteroatoms. The first-order valence-corrected chi connectivity index (χ1v) is 4.72. The lowest BCUT2D eigenvalue weighted by atomic mass is 10.2. The first-order chi connectivity index (χ1) is 8.20. The Balaban J connectivity index is 3.00. The van der Waals surface area contributed by atoms with E-state index in [0.29, 0.717) is 0 Å². The molecule has 2 N–H and O–H groups in total. The second kappa shape index (κ2) is 4.84. The Bertz CT molecular complexity index is 403. The van der Waals surface area contributed by atoms with Crippen LogP contribution in [0.4, 0.5) is 13.2 Å². The summed E-state index contributed by atoms with van der Waals surface area (Å²) in [7, 11) is 1.02. The smallest absolute Gasteiger partial charge is 0.411 e. The van der Waals surface area contributed by atoms with Crippen molar-refractivity contribution in [3.63, 3.8) is 0 Å². The number of aliphatic hydroxyl groups excluding tert-OH is 1. The number of carboxylic acids is 1. The Kier molecular flexibility index (Phi) is 3.85. The van der Waals surface area contributed by atoms with Gasteiger partial charge >= 0.3 is 12.1 Å². The van der Waals surface area contributed by atoms with Crippen LogP contribution >= 0.6 is 0 Å². The van der Waals surface area contributed by atoms with E-state index in [2.05, 4.69) is 4.74 Å². The van der Waals surface area contributed by atoms with Crippen LogP contribution in [-0.2, 0) is 14.3 Å².